The Bertz CT molecular complexity index is 375. The number of methoxy groups -OCH3 is 1. The lowest BCUT2D eigenvalue weighted by molar-refractivity contribution is 0.112. The van der Waals surface area contributed by atoms with Gasteiger partial charge in [0.25, 0.3) is 0 Å². The van der Waals surface area contributed by atoms with Crippen molar-refractivity contribution in [2.45, 2.75) is 0 Å². The van der Waals surface area contributed by atoms with Crippen molar-refractivity contribution < 1.29 is 14.3 Å². The zero-order valence-corrected chi connectivity index (χ0v) is 9.18. The van der Waals surface area contributed by atoms with Crippen LogP contribution in [0.25, 0.3) is 0 Å². The third-order valence-corrected chi connectivity index (χ3v) is 2.56. The highest BCUT2D eigenvalue weighted by atomic mass is 16.5. The topological polar surface area (TPSA) is 51.7 Å². The molecule has 1 saturated heterocycles. The third kappa shape index (κ3) is 1.99. The summed E-state index contributed by atoms with van der Waals surface area (Å²) >= 11 is 0. The Labute approximate surface area is 94.0 Å². The molecule has 1 fully saturated rings. The van der Waals surface area contributed by atoms with Crippen LogP contribution in [0.5, 0.6) is 5.75 Å². The van der Waals surface area contributed by atoms with Crippen LogP contribution in [0.15, 0.2) is 12.3 Å². The second kappa shape index (κ2) is 4.94. The van der Waals surface area contributed by atoms with E-state index in [0.29, 0.717) is 24.5 Å². The lowest BCUT2D eigenvalue weighted by atomic mass is 10.2. The summed E-state index contributed by atoms with van der Waals surface area (Å²) in [5.74, 6) is 1.26. The highest BCUT2D eigenvalue weighted by molar-refractivity contribution is 5.82. The first-order valence-corrected chi connectivity index (χ1v) is 5.17. The minimum absolute atomic E-state index is 0.527. The maximum Gasteiger partial charge on any atom is 0.172 e. The van der Waals surface area contributed by atoms with E-state index >= 15 is 0 Å². The van der Waals surface area contributed by atoms with Crippen molar-refractivity contribution >= 4 is 12.1 Å². The molecular weight excluding hydrogens is 208 g/mol. The number of aldehydes is 1. The lowest BCUT2D eigenvalue weighted by Crippen LogP contribution is -2.37. The van der Waals surface area contributed by atoms with Crippen LogP contribution >= 0.6 is 0 Å². The number of rotatable bonds is 3. The molecule has 0 saturated carbocycles. The Morgan fingerprint density at radius 3 is 2.88 bits per heavy atom. The van der Waals surface area contributed by atoms with Gasteiger partial charge in [-0.2, -0.15) is 0 Å². The van der Waals surface area contributed by atoms with E-state index in [-0.39, 0.29) is 0 Å². The molecular formula is C11H14N2O3. The molecule has 0 spiro atoms. The fourth-order valence-electron chi connectivity index (χ4n) is 1.75. The monoisotopic (exact) mass is 222 g/mol. The van der Waals surface area contributed by atoms with Gasteiger partial charge in [-0.05, 0) is 6.07 Å². The first-order chi connectivity index (χ1) is 7.86. The SMILES string of the molecule is COc1c(C=O)ccnc1N1CCOCC1. The van der Waals surface area contributed by atoms with Crippen molar-refractivity contribution in [1.82, 2.24) is 4.98 Å². The predicted molar refractivity (Wildman–Crippen MR) is 59.2 cm³/mol. The molecule has 0 aliphatic carbocycles. The number of pyridine rings is 1. The lowest BCUT2D eigenvalue weighted by Gasteiger charge is -2.29. The number of ether oxygens (including phenoxy) is 2. The van der Waals surface area contributed by atoms with Crippen LogP contribution in [0, 0.1) is 0 Å². The molecule has 1 aliphatic heterocycles. The second-order valence-corrected chi connectivity index (χ2v) is 3.47. The molecule has 5 nitrogen and oxygen atoms in total. The van der Waals surface area contributed by atoms with Crippen LogP contribution in [0.4, 0.5) is 5.82 Å². The number of nitrogens with zero attached hydrogens (tertiary/aromatic N) is 2. The molecule has 0 amide bonds. The second-order valence-electron chi connectivity index (χ2n) is 3.47. The Kier molecular flexibility index (Phi) is 3.36. The first kappa shape index (κ1) is 10.9. The van der Waals surface area contributed by atoms with E-state index in [2.05, 4.69) is 9.88 Å². The van der Waals surface area contributed by atoms with E-state index in [1.165, 1.54) is 0 Å². The molecule has 0 atom stereocenters. The van der Waals surface area contributed by atoms with Gasteiger partial charge in [-0.15, -0.1) is 0 Å². The fourth-order valence-corrected chi connectivity index (χ4v) is 1.75. The molecule has 2 heterocycles. The smallest absolute Gasteiger partial charge is 0.172 e. The molecule has 0 radical (unpaired) electrons. The van der Waals surface area contributed by atoms with E-state index in [9.17, 15) is 4.79 Å². The molecule has 1 aromatic heterocycles. The first-order valence-electron chi connectivity index (χ1n) is 5.17. The van der Waals surface area contributed by atoms with Gasteiger partial charge in [0, 0.05) is 19.3 Å². The van der Waals surface area contributed by atoms with E-state index in [1.54, 1.807) is 19.4 Å². The van der Waals surface area contributed by atoms with Gasteiger partial charge in [0.2, 0.25) is 0 Å². The molecule has 2 rings (SSSR count). The van der Waals surface area contributed by atoms with Crippen LogP contribution in [0.1, 0.15) is 10.4 Å². The van der Waals surface area contributed by atoms with Gasteiger partial charge in [0.05, 0.1) is 25.9 Å². The summed E-state index contributed by atoms with van der Waals surface area (Å²) in [4.78, 5) is 17.2. The van der Waals surface area contributed by atoms with Crippen LogP contribution in [0.2, 0.25) is 0 Å². The summed E-state index contributed by atoms with van der Waals surface area (Å²) in [6.07, 6.45) is 2.40. The van der Waals surface area contributed by atoms with Crippen LogP contribution in [0.3, 0.4) is 0 Å². The predicted octanol–water partition coefficient (Wildman–Crippen LogP) is 0.739. The molecule has 0 unspecified atom stereocenters. The van der Waals surface area contributed by atoms with Gasteiger partial charge in [0.15, 0.2) is 17.9 Å². The summed E-state index contributed by atoms with van der Waals surface area (Å²) in [6.45, 7) is 2.89. The van der Waals surface area contributed by atoms with Crippen molar-refractivity contribution in [2.24, 2.45) is 0 Å². The van der Waals surface area contributed by atoms with Gasteiger partial charge in [-0.3, -0.25) is 4.79 Å². The third-order valence-electron chi connectivity index (χ3n) is 2.56. The van der Waals surface area contributed by atoms with Gasteiger partial charge in [0.1, 0.15) is 0 Å². The van der Waals surface area contributed by atoms with E-state index in [0.717, 1.165) is 25.2 Å². The van der Waals surface area contributed by atoms with Crippen molar-refractivity contribution in [3.63, 3.8) is 0 Å². The zero-order valence-electron chi connectivity index (χ0n) is 9.18. The Morgan fingerprint density at radius 2 is 2.25 bits per heavy atom. The zero-order chi connectivity index (χ0) is 11.4. The summed E-state index contributed by atoms with van der Waals surface area (Å²) in [6, 6.07) is 1.65. The van der Waals surface area contributed by atoms with Gasteiger partial charge < -0.3 is 14.4 Å². The summed E-state index contributed by atoms with van der Waals surface area (Å²) in [5.41, 5.74) is 0.527. The normalized spacial score (nSPS) is 15.9. The average molecular weight is 222 g/mol. The molecule has 1 aliphatic rings. The summed E-state index contributed by atoms with van der Waals surface area (Å²) < 4.78 is 10.5. The molecule has 0 bridgehead atoms. The van der Waals surface area contributed by atoms with E-state index in [4.69, 9.17) is 9.47 Å². The maximum absolute atomic E-state index is 10.9. The average Bonchev–Trinajstić information content (AvgIpc) is 2.38. The van der Waals surface area contributed by atoms with Crippen molar-refractivity contribution in [3.05, 3.63) is 17.8 Å². The molecule has 5 heteroatoms. The van der Waals surface area contributed by atoms with Gasteiger partial charge >= 0.3 is 0 Å². The van der Waals surface area contributed by atoms with Crippen LogP contribution in [-0.4, -0.2) is 44.7 Å². The number of hydrogen-bond acceptors (Lipinski definition) is 5. The number of anilines is 1. The van der Waals surface area contributed by atoms with Crippen molar-refractivity contribution in [2.75, 3.05) is 38.3 Å². The van der Waals surface area contributed by atoms with E-state index < -0.39 is 0 Å². The van der Waals surface area contributed by atoms with Crippen LogP contribution < -0.4 is 9.64 Å². The Morgan fingerprint density at radius 1 is 1.50 bits per heavy atom. The highest BCUT2D eigenvalue weighted by Gasteiger charge is 2.18. The maximum atomic E-state index is 10.9. The summed E-state index contributed by atoms with van der Waals surface area (Å²) in [5, 5.41) is 0. The number of carbonyl (C=O) groups excluding carboxylic acids is 1. The molecule has 86 valence electrons. The molecule has 0 N–H and O–H groups in total. The number of carbonyl (C=O) groups is 1. The fraction of sp³-hybridized carbons (Fsp3) is 0.455. The van der Waals surface area contributed by atoms with Gasteiger partial charge in [-0.25, -0.2) is 4.98 Å². The number of morpholine rings is 1. The molecule has 16 heavy (non-hydrogen) atoms. The van der Waals surface area contributed by atoms with Crippen molar-refractivity contribution in [3.8, 4) is 5.75 Å². The Hall–Kier alpha value is -1.62. The minimum atomic E-state index is 0.527. The minimum Gasteiger partial charge on any atom is -0.492 e. The molecule has 1 aromatic rings. The Balaban J connectivity index is 2.34. The summed E-state index contributed by atoms with van der Waals surface area (Å²) in [7, 11) is 1.55. The highest BCUT2D eigenvalue weighted by Crippen LogP contribution is 2.28. The molecule has 0 aromatic carbocycles. The number of aromatic nitrogens is 1. The largest absolute Gasteiger partial charge is 0.492 e. The van der Waals surface area contributed by atoms with Crippen LogP contribution in [-0.2, 0) is 4.74 Å². The number of hydrogen-bond donors (Lipinski definition) is 0. The van der Waals surface area contributed by atoms with Crippen molar-refractivity contribution in [1.29, 1.82) is 0 Å². The standard InChI is InChI=1S/C11H14N2O3/c1-15-10-9(8-14)2-3-12-11(10)13-4-6-16-7-5-13/h2-3,8H,4-7H2,1H3. The van der Waals surface area contributed by atoms with E-state index in [1.807, 2.05) is 0 Å². The quantitative estimate of drug-likeness (QED) is 0.706. The van der Waals surface area contributed by atoms with Gasteiger partial charge in [-0.1, -0.05) is 0 Å².